The fourth-order valence-corrected chi connectivity index (χ4v) is 5.19. The second-order valence-electron chi connectivity index (χ2n) is 12.5. The molecule has 0 bridgehead atoms. The van der Waals surface area contributed by atoms with Crippen LogP contribution in [0.15, 0.2) is 12.2 Å². The number of rotatable bonds is 15. The summed E-state index contributed by atoms with van der Waals surface area (Å²) in [6.45, 7) is 15.2. The van der Waals surface area contributed by atoms with E-state index in [1.54, 1.807) is 13.8 Å². The third-order valence-corrected chi connectivity index (χ3v) is 7.16. The number of likely N-dealkylation sites (N-methyl/N-ethyl adjacent to an activating group) is 1. The molecular weight excluding hydrogens is 526 g/mol. The highest BCUT2D eigenvalue weighted by Crippen LogP contribution is 2.22. The molecule has 0 aromatic heterocycles. The van der Waals surface area contributed by atoms with E-state index in [2.05, 4.69) is 16.0 Å². The third kappa shape index (κ3) is 11.2. The van der Waals surface area contributed by atoms with E-state index in [-0.39, 0.29) is 48.1 Å². The van der Waals surface area contributed by atoms with Crippen LogP contribution < -0.4 is 16.0 Å². The number of likely N-dealkylation sites (tertiary alicyclic amines) is 1. The van der Waals surface area contributed by atoms with E-state index in [0.29, 0.717) is 12.8 Å². The van der Waals surface area contributed by atoms with Gasteiger partial charge in [-0.1, -0.05) is 47.6 Å². The van der Waals surface area contributed by atoms with Crippen LogP contribution in [0.25, 0.3) is 0 Å². The Bertz CT molecular complexity index is 940. The molecule has 0 aromatic carbocycles. The molecular formula is C30H53N5O6. The predicted octanol–water partition coefficient (Wildman–Crippen LogP) is 1.86. The molecule has 0 aromatic rings. The summed E-state index contributed by atoms with van der Waals surface area (Å²) in [7, 11) is 5.16. The quantitative estimate of drug-likeness (QED) is 0.252. The van der Waals surface area contributed by atoms with Crippen molar-refractivity contribution >= 4 is 29.5 Å². The monoisotopic (exact) mass is 579 g/mol. The lowest BCUT2D eigenvalue weighted by Crippen LogP contribution is -2.57. The Hall–Kier alpha value is -2.79. The summed E-state index contributed by atoms with van der Waals surface area (Å²) < 4.78 is 5.28. The number of nitrogens with zero attached hydrogens (tertiary/aromatic N) is 2. The van der Waals surface area contributed by atoms with Crippen molar-refractivity contribution in [3.8, 4) is 0 Å². The minimum atomic E-state index is -0.835. The normalized spacial score (nSPS) is 20.6. The SMILES string of the molecule is CO[C@H]1CC(=O)N(C(=O)/C=C/[C@H](C)NC(=O)[C@H](CC(C)C)NC(=O)[C@H](CC(C)C)NC(=O)[C@H](C(C)C)N(C)C)[C@H]1C. The molecule has 1 saturated heterocycles. The van der Waals surface area contributed by atoms with E-state index < -0.39 is 41.9 Å². The van der Waals surface area contributed by atoms with Crippen molar-refractivity contribution in [1.82, 2.24) is 25.8 Å². The number of methoxy groups -OCH3 is 1. The molecule has 0 unspecified atom stereocenters. The maximum absolute atomic E-state index is 13.4. The first-order valence-corrected chi connectivity index (χ1v) is 14.6. The van der Waals surface area contributed by atoms with Gasteiger partial charge in [0.05, 0.1) is 24.6 Å². The molecule has 3 N–H and O–H groups in total. The van der Waals surface area contributed by atoms with Gasteiger partial charge in [-0.25, -0.2) is 0 Å². The van der Waals surface area contributed by atoms with Gasteiger partial charge >= 0.3 is 0 Å². The predicted molar refractivity (Wildman–Crippen MR) is 159 cm³/mol. The Kier molecular flexibility index (Phi) is 14.7. The first-order valence-electron chi connectivity index (χ1n) is 14.6. The van der Waals surface area contributed by atoms with Gasteiger partial charge in [0.15, 0.2) is 0 Å². The Morgan fingerprint density at radius 2 is 1.39 bits per heavy atom. The molecule has 1 heterocycles. The van der Waals surface area contributed by atoms with Gasteiger partial charge in [0.1, 0.15) is 12.1 Å². The van der Waals surface area contributed by atoms with Gasteiger partial charge in [0, 0.05) is 19.2 Å². The van der Waals surface area contributed by atoms with Crippen molar-refractivity contribution in [2.45, 2.75) is 111 Å². The van der Waals surface area contributed by atoms with Gasteiger partial charge < -0.3 is 20.7 Å². The van der Waals surface area contributed by atoms with E-state index in [1.807, 2.05) is 60.5 Å². The van der Waals surface area contributed by atoms with Crippen molar-refractivity contribution in [3.05, 3.63) is 12.2 Å². The lowest BCUT2D eigenvalue weighted by atomic mass is 9.98. The molecule has 11 heteroatoms. The molecule has 41 heavy (non-hydrogen) atoms. The maximum atomic E-state index is 13.4. The second-order valence-corrected chi connectivity index (χ2v) is 12.5. The fraction of sp³-hybridized carbons (Fsp3) is 0.767. The number of nitrogens with one attached hydrogen (secondary N) is 3. The molecule has 1 rings (SSSR count). The van der Waals surface area contributed by atoms with Gasteiger partial charge in [-0.15, -0.1) is 0 Å². The summed E-state index contributed by atoms with van der Waals surface area (Å²) in [5, 5.41) is 8.60. The molecule has 0 spiro atoms. The highest BCUT2D eigenvalue weighted by atomic mass is 16.5. The van der Waals surface area contributed by atoms with Crippen LogP contribution in [-0.2, 0) is 28.7 Å². The lowest BCUT2D eigenvalue weighted by molar-refractivity contribution is -0.140. The van der Waals surface area contributed by atoms with Crippen LogP contribution in [0.5, 0.6) is 0 Å². The zero-order valence-corrected chi connectivity index (χ0v) is 26.8. The van der Waals surface area contributed by atoms with Crippen LogP contribution in [0.3, 0.4) is 0 Å². The standard InChI is InChI=1S/C30H53N5O6/c1-17(2)14-22(32-29(39)23(15-18(3)4)33-30(40)27(19(5)6)34(9)10)28(38)31-20(7)12-13-25(36)35-21(8)24(41-11)16-26(35)37/h12-13,17-24,27H,14-16H2,1-11H3,(H,31,38)(H,32,39)(H,33,40)/b13-12+/t20-,21-,22-,23-,24-,27-/m0/s1. The second kappa shape index (κ2) is 16.6. The summed E-state index contributed by atoms with van der Waals surface area (Å²) >= 11 is 0. The van der Waals surface area contributed by atoms with Gasteiger partial charge in [-0.2, -0.15) is 0 Å². The Balaban J connectivity index is 2.97. The number of hydrogen-bond acceptors (Lipinski definition) is 7. The van der Waals surface area contributed by atoms with Gasteiger partial charge in [0.25, 0.3) is 5.91 Å². The van der Waals surface area contributed by atoms with Crippen LogP contribution in [0.1, 0.15) is 74.7 Å². The van der Waals surface area contributed by atoms with Gasteiger partial charge in [0.2, 0.25) is 23.6 Å². The Morgan fingerprint density at radius 3 is 1.80 bits per heavy atom. The van der Waals surface area contributed by atoms with Crippen molar-refractivity contribution < 1.29 is 28.7 Å². The van der Waals surface area contributed by atoms with Crippen LogP contribution >= 0.6 is 0 Å². The van der Waals surface area contributed by atoms with E-state index in [9.17, 15) is 24.0 Å². The van der Waals surface area contributed by atoms with Crippen LogP contribution in [0.4, 0.5) is 0 Å². The third-order valence-electron chi connectivity index (χ3n) is 7.16. The number of ether oxygens (including phenoxy) is 1. The first-order chi connectivity index (χ1) is 19.0. The molecule has 234 valence electrons. The molecule has 11 nitrogen and oxygen atoms in total. The summed E-state index contributed by atoms with van der Waals surface area (Å²) in [6.07, 6.45) is 3.40. The number of carbonyl (C=O) groups is 5. The molecule has 1 fully saturated rings. The average Bonchev–Trinajstić information content (AvgIpc) is 3.13. The number of carbonyl (C=O) groups excluding carboxylic acids is 5. The largest absolute Gasteiger partial charge is 0.379 e. The number of amides is 5. The Labute approximate surface area is 246 Å². The minimum absolute atomic E-state index is 0.0434. The van der Waals surface area contributed by atoms with E-state index in [0.717, 1.165) is 0 Å². The summed E-state index contributed by atoms with van der Waals surface area (Å²) in [4.78, 5) is 67.7. The number of imide groups is 1. The summed E-state index contributed by atoms with van der Waals surface area (Å²) in [5.41, 5.74) is 0. The Morgan fingerprint density at radius 1 is 0.902 bits per heavy atom. The van der Waals surface area contributed by atoms with Gasteiger partial charge in [-0.05, 0) is 58.5 Å². The molecule has 6 atom stereocenters. The summed E-state index contributed by atoms with van der Waals surface area (Å²) in [6, 6.07) is -2.95. The average molecular weight is 580 g/mol. The van der Waals surface area contributed by atoms with Crippen molar-refractivity contribution in [2.75, 3.05) is 21.2 Å². The van der Waals surface area contributed by atoms with Crippen molar-refractivity contribution in [1.29, 1.82) is 0 Å². The van der Waals surface area contributed by atoms with Crippen LogP contribution in [0.2, 0.25) is 0 Å². The first kappa shape index (κ1) is 36.2. The topological polar surface area (TPSA) is 137 Å². The zero-order chi connectivity index (χ0) is 31.6. The van der Waals surface area contributed by atoms with E-state index >= 15 is 0 Å². The zero-order valence-electron chi connectivity index (χ0n) is 26.8. The van der Waals surface area contributed by atoms with Crippen molar-refractivity contribution in [2.24, 2.45) is 17.8 Å². The van der Waals surface area contributed by atoms with Gasteiger partial charge in [-0.3, -0.25) is 33.8 Å². The maximum Gasteiger partial charge on any atom is 0.253 e. The van der Waals surface area contributed by atoms with Crippen molar-refractivity contribution in [3.63, 3.8) is 0 Å². The lowest BCUT2D eigenvalue weighted by Gasteiger charge is -2.30. The van der Waals surface area contributed by atoms with Crippen LogP contribution in [0, 0.1) is 17.8 Å². The minimum Gasteiger partial charge on any atom is -0.379 e. The van der Waals surface area contributed by atoms with E-state index in [1.165, 1.54) is 24.2 Å². The molecule has 0 radical (unpaired) electrons. The highest BCUT2D eigenvalue weighted by Gasteiger charge is 2.40. The van der Waals surface area contributed by atoms with E-state index in [4.69, 9.17) is 4.74 Å². The molecule has 0 aliphatic carbocycles. The summed E-state index contributed by atoms with van der Waals surface area (Å²) in [5.74, 6) is -1.54. The number of hydrogen-bond donors (Lipinski definition) is 3. The highest BCUT2D eigenvalue weighted by molar-refractivity contribution is 6.03. The molecule has 1 aliphatic rings. The van der Waals surface area contributed by atoms with Crippen LogP contribution in [-0.4, -0.2) is 96.9 Å². The molecule has 0 saturated carbocycles. The molecule has 1 aliphatic heterocycles. The molecule has 5 amide bonds. The fourth-order valence-electron chi connectivity index (χ4n) is 5.19. The smallest absolute Gasteiger partial charge is 0.253 e.